The maximum absolute atomic E-state index is 12.3. The predicted molar refractivity (Wildman–Crippen MR) is 119 cm³/mol. The largest absolute Gasteiger partial charge is 0.489 e. The van der Waals surface area contributed by atoms with Gasteiger partial charge in [-0.15, -0.1) is 0 Å². The molecule has 0 unspecified atom stereocenters. The van der Waals surface area contributed by atoms with Gasteiger partial charge in [0.2, 0.25) is 0 Å². The van der Waals surface area contributed by atoms with E-state index in [-0.39, 0.29) is 5.57 Å². The topological polar surface area (TPSA) is 62.1 Å². The van der Waals surface area contributed by atoms with Gasteiger partial charge in [-0.3, -0.25) is 4.79 Å². The smallest absolute Gasteiger partial charge is 0.266 e. The van der Waals surface area contributed by atoms with Crippen molar-refractivity contribution in [1.29, 1.82) is 5.26 Å². The summed E-state index contributed by atoms with van der Waals surface area (Å²) in [6.07, 6.45) is 1.53. The number of hydrogen-bond donors (Lipinski definition) is 1. The van der Waals surface area contributed by atoms with Crippen LogP contribution in [0.1, 0.15) is 11.1 Å². The fourth-order valence-electron chi connectivity index (χ4n) is 2.45. The molecule has 0 aliphatic heterocycles. The van der Waals surface area contributed by atoms with Gasteiger partial charge in [0, 0.05) is 15.2 Å². The van der Waals surface area contributed by atoms with E-state index in [0.29, 0.717) is 23.1 Å². The highest BCUT2D eigenvalue weighted by Crippen LogP contribution is 2.18. The second kappa shape index (κ2) is 9.92. The van der Waals surface area contributed by atoms with Crippen molar-refractivity contribution >= 4 is 45.2 Å². The number of halogens is 2. The molecule has 3 aromatic carbocycles. The first-order valence-corrected chi connectivity index (χ1v) is 9.86. The second-order valence-corrected chi connectivity index (χ2v) is 7.47. The average Bonchev–Trinajstić information content (AvgIpc) is 2.74. The molecule has 0 aromatic heterocycles. The number of carbonyl (C=O) groups is 1. The molecule has 3 rings (SSSR count). The Labute approximate surface area is 182 Å². The van der Waals surface area contributed by atoms with E-state index in [2.05, 4.69) is 21.2 Å². The van der Waals surface area contributed by atoms with Gasteiger partial charge in [-0.1, -0.05) is 51.8 Å². The summed E-state index contributed by atoms with van der Waals surface area (Å²) in [5.74, 6) is 0.222. The van der Waals surface area contributed by atoms with Crippen LogP contribution in [-0.4, -0.2) is 5.91 Å². The molecule has 0 aliphatic rings. The lowest BCUT2D eigenvalue weighted by molar-refractivity contribution is -0.112. The molecule has 0 spiro atoms. The third-order valence-corrected chi connectivity index (χ3v) is 4.76. The number of nitriles is 1. The molecule has 0 heterocycles. The number of benzene rings is 3. The minimum absolute atomic E-state index is 0.00322. The van der Waals surface area contributed by atoms with Crippen LogP contribution in [0.4, 0.5) is 5.69 Å². The van der Waals surface area contributed by atoms with E-state index < -0.39 is 5.91 Å². The Kier molecular flexibility index (Phi) is 7.07. The molecule has 0 atom stereocenters. The van der Waals surface area contributed by atoms with Gasteiger partial charge in [0.25, 0.3) is 5.91 Å². The lowest BCUT2D eigenvalue weighted by Crippen LogP contribution is -2.13. The molecule has 1 N–H and O–H groups in total. The lowest BCUT2D eigenvalue weighted by Gasteiger charge is -2.07. The molecule has 0 radical (unpaired) electrons. The highest BCUT2D eigenvalue weighted by atomic mass is 79.9. The van der Waals surface area contributed by atoms with Crippen LogP contribution in [0.25, 0.3) is 6.08 Å². The van der Waals surface area contributed by atoms with Gasteiger partial charge in [-0.25, -0.2) is 0 Å². The van der Waals surface area contributed by atoms with E-state index in [1.165, 1.54) is 6.08 Å². The second-order valence-electron chi connectivity index (χ2n) is 6.12. The summed E-state index contributed by atoms with van der Waals surface area (Å²) in [6.45, 7) is 0.454. The highest BCUT2D eigenvalue weighted by molar-refractivity contribution is 9.10. The fraction of sp³-hybridized carbons (Fsp3) is 0.0435. The van der Waals surface area contributed by atoms with Crippen molar-refractivity contribution < 1.29 is 9.53 Å². The van der Waals surface area contributed by atoms with E-state index in [4.69, 9.17) is 16.3 Å². The zero-order chi connectivity index (χ0) is 20.6. The molecule has 4 nitrogen and oxygen atoms in total. The minimum Gasteiger partial charge on any atom is -0.489 e. The van der Waals surface area contributed by atoms with E-state index >= 15 is 0 Å². The Bertz CT molecular complexity index is 1050. The van der Waals surface area contributed by atoms with Gasteiger partial charge < -0.3 is 10.1 Å². The van der Waals surface area contributed by atoms with Crippen molar-refractivity contribution in [2.24, 2.45) is 0 Å². The zero-order valence-corrected chi connectivity index (χ0v) is 17.6. The summed E-state index contributed by atoms with van der Waals surface area (Å²) < 4.78 is 6.78. The van der Waals surface area contributed by atoms with Crippen LogP contribution < -0.4 is 10.1 Å². The molecule has 3 aromatic rings. The first-order valence-electron chi connectivity index (χ1n) is 8.69. The predicted octanol–water partition coefficient (Wildman–Crippen LogP) is 6.23. The Morgan fingerprint density at radius 3 is 2.31 bits per heavy atom. The molecule has 144 valence electrons. The Morgan fingerprint density at radius 2 is 1.69 bits per heavy atom. The maximum atomic E-state index is 12.3. The molecule has 0 fully saturated rings. The Morgan fingerprint density at radius 1 is 1.03 bits per heavy atom. The van der Waals surface area contributed by atoms with Crippen LogP contribution in [0.3, 0.4) is 0 Å². The van der Waals surface area contributed by atoms with E-state index in [1.54, 1.807) is 48.5 Å². The summed E-state index contributed by atoms with van der Waals surface area (Å²) in [5, 5.41) is 12.6. The molecule has 1 amide bonds. The van der Waals surface area contributed by atoms with Crippen molar-refractivity contribution in [3.05, 3.63) is 99.0 Å². The molecule has 0 saturated heterocycles. The Hall–Kier alpha value is -3.07. The van der Waals surface area contributed by atoms with Crippen molar-refractivity contribution in [2.75, 3.05) is 5.32 Å². The van der Waals surface area contributed by atoms with Crippen LogP contribution in [0.15, 0.2) is 82.8 Å². The van der Waals surface area contributed by atoms with Crippen LogP contribution in [0, 0.1) is 11.3 Å². The maximum Gasteiger partial charge on any atom is 0.266 e. The Balaban J connectivity index is 1.63. The van der Waals surface area contributed by atoms with Gasteiger partial charge in [-0.05, 0) is 65.7 Å². The van der Waals surface area contributed by atoms with Crippen LogP contribution >= 0.6 is 27.5 Å². The number of nitrogens with zero attached hydrogens (tertiary/aromatic N) is 1. The molecular weight excluding hydrogens is 452 g/mol. The van der Waals surface area contributed by atoms with Crippen LogP contribution in [0.5, 0.6) is 5.75 Å². The molecule has 6 heteroatoms. The third kappa shape index (κ3) is 6.21. The van der Waals surface area contributed by atoms with E-state index in [1.807, 2.05) is 30.3 Å². The normalized spacial score (nSPS) is 10.9. The summed E-state index contributed by atoms with van der Waals surface area (Å²) >= 11 is 9.24. The summed E-state index contributed by atoms with van der Waals surface area (Å²) in [7, 11) is 0. The van der Waals surface area contributed by atoms with Crippen molar-refractivity contribution in [1.82, 2.24) is 0 Å². The number of anilines is 1. The zero-order valence-electron chi connectivity index (χ0n) is 15.2. The summed E-state index contributed by atoms with van der Waals surface area (Å²) in [6, 6.07) is 23.7. The fourth-order valence-corrected chi connectivity index (χ4v) is 2.84. The number of ether oxygens (including phenoxy) is 1. The van der Waals surface area contributed by atoms with Gasteiger partial charge in [0.15, 0.2) is 0 Å². The van der Waals surface area contributed by atoms with Gasteiger partial charge in [-0.2, -0.15) is 5.26 Å². The number of rotatable bonds is 6. The number of nitrogens with one attached hydrogen (secondary N) is 1. The number of carbonyl (C=O) groups excluding carboxylic acids is 1. The summed E-state index contributed by atoms with van der Waals surface area (Å²) in [5.41, 5.74) is 2.35. The van der Waals surface area contributed by atoms with Crippen molar-refractivity contribution in [3.8, 4) is 11.8 Å². The summed E-state index contributed by atoms with van der Waals surface area (Å²) in [4.78, 5) is 12.3. The highest BCUT2D eigenvalue weighted by Gasteiger charge is 2.09. The SMILES string of the molecule is N#C/C(=C\c1ccc(OCc2ccc(Br)cc2)cc1)C(=O)Nc1ccc(Cl)cc1. The quantitative estimate of drug-likeness (QED) is 0.345. The van der Waals surface area contributed by atoms with Crippen molar-refractivity contribution in [3.63, 3.8) is 0 Å². The third-order valence-electron chi connectivity index (χ3n) is 3.98. The van der Waals surface area contributed by atoms with Crippen LogP contribution in [0.2, 0.25) is 5.02 Å². The lowest BCUT2D eigenvalue weighted by atomic mass is 10.1. The van der Waals surface area contributed by atoms with Gasteiger partial charge in [0.1, 0.15) is 24.0 Å². The first-order chi connectivity index (χ1) is 14.0. The average molecular weight is 468 g/mol. The molecule has 0 saturated carbocycles. The number of hydrogen-bond acceptors (Lipinski definition) is 3. The van der Waals surface area contributed by atoms with Crippen LogP contribution in [-0.2, 0) is 11.4 Å². The minimum atomic E-state index is -0.481. The molecule has 0 bridgehead atoms. The monoisotopic (exact) mass is 466 g/mol. The van der Waals surface area contributed by atoms with E-state index in [0.717, 1.165) is 15.6 Å². The van der Waals surface area contributed by atoms with Gasteiger partial charge >= 0.3 is 0 Å². The van der Waals surface area contributed by atoms with Gasteiger partial charge in [0.05, 0.1) is 0 Å². The molecule has 0 aliphatic carbocycles. The molecular formula is C23H16BrClN2O2. The van der Waals surface area contributed by atoms with E-state index in [9.17, 15) is 10.1 Å². The standard InChI is InChI=1S/C23H16BrClN2O2/c24-19-5-1-17(2-6-19)15-29-22-11-3-16(4-12-22)13-18(14-26)23(28)27-21-9-7-20(25)8-10-21/h1-13H,15H2,(H,27,28)/b18-13+. The molecule has 29 heavy (non-hydrogen) atoms. The number of amides is 1. The first kappa shape index (κ1) is 20.7. The van der Waals surface area contributed by atoms with Crippen molar-refractivity contribution in [2.45, 2.75) is 6.61 Å².